The Labute approximate surface area is 179 Å². The Morgan fingerprint density at radius 2 is 1.79 bits per heavy atom. The third kappa shape index (κ3) is 5.19. The van der Waals surface area contributed by atoms with Gasteiger partial charge in [0.2, 0.25) is 5.91 Å². The van der Waals surface area contributed by atoms with Gasteiger partial charge in [-0.15, -0.1) is 0 Å². The number of carbonyl (C=O) groups is 1. The molecule has 0 spiro atoms. The van der Waals surface area contributed by atoms with Gasteiger partial charge in [0.15, 0.2) is 0 Å². The highest BCUT2D eigenvalue weighted by Crippen LogP contribution is 2.36. The van der Waals surface area contributed by atoms with Gasteiger partial charge in [-0.05, 0) is 43.6 Å². The van der Waals surface area contributed by atoms with E-state index in [4.69, 9.17) is 21.1 Å². The number of benzene rings is 2. The van der Waals surface area contributed by atoms with E-state index in [1.807, 2.05) is 0 Å². The van der Waals surface area contributed by atoms with Crippen LogP contribution in [-0.4, -0.2) is 38.1 Å². The molecule has 2 aromatic carbocycles. The standard InChI is InChI=1S/C21H24BrClN2O3/c1-27-19-12-18(20(28-2)11-17(19)23)24-21(26)15-7-9-25(10-8-15)13-14-3-5-16(22)6-4-14/h3-6,11-12,15H,7-10,13H2,1-2H3,(H,24,26). The molecule has 1 fully saturated rings. The smallest absolute Gasteiger partial charge is 0.227 e. The number of piperidine rings is 1. The predicted octanol–water partition coefficient (Wildman–Crippen LogP) is 4.97. The molecule has 1 aliphatic heterocycles. The molecule has 1 heterocycles. The van der Waals surface area contributed by atoms with Gasteiger partial charge in [-0.1, -0.05) is 39.7 Å². The quantitative estimate of drug-likeness (QED) is 0.652. The molecule has 0 saturated carbocycles. The van der Waals surface area contributed by atoms with Crippen LogP contribution >= 0.6 is 27.5 Å². The first-order valence-electron chi connectivity index (χ1n) is 9.19. The molecule has 1 N–H and O–H groups in total. The van der Waals surface area contributed by atoms with E-state index in [0.29, 0.717) is 22.2 Å². The normalized spacial score (nSPS) is 15.3. The summed E-state index contributed by atoms with van der Waals surface area (Å²) in [6.07, 6.45) is 1.66. The van der Waals surface area contributed by atoms with Crippen molar-refractivity contribution in [2.75, 3.05) is 32.6 Å². The Hall–Kier alpha value is -1.76. The molecule has 3 rings (SSSR count). The van der Waals surface area contributed by atoms with Crippen molar-refractivity contribution in [1.29, 1.82) is 0 Å². The molecule has 1 saturated heterocycles. The molecule has 150 valence electrons. The molecule has 0 bridgehead atoms. The lowest BCUT2D eigenvalue weighted by atomic mass is 9.95. The Morgan fingerprint density at radius 1 is 1.14 bits per heavy atom. The predicted molar refractivity (Wildman–Crippen MR) is 115 cm³/mol. The topological polar surface area (TPSA) is 50.8 Å². The van der Waals surface area contributed by atoms with Gasteiger partial charge in [-0.3, -0.25) is 9.69 Å². The molecule has 2 aromatic rings. The van der Waals surface area contributed by atoms with Crippen molar-refractivity contribution in [3.05, 3.63) is 51.5 Å². The summed E-state index contributed by atoms with van der Waals surface area (Å²) in [5, 5.41) is 3.42. The number of likely N-dealkylation sites (tertiary alicyclic amines) is 1. The summed E-state index contributed by atoms with van der Waals surface area (Å²) in [6, 6.07) is 11.7. The SMILES string of the molecule is COc1cc(NC(=O)C2CCN(Cc3ccc(Br)cc3)CC2)c(OC)cc1Cl. The third-order valence-corrected chi connectivity index (χ3v) is 5.83. The largest absolute Gasteiger partial charge is 0.495 e. The van der Waals surface area contributed by atoms with Crippen molar-refractivity contribution < 1.29 is 14.3 Å². The van der Waals surface area contributed by atoms with Crippen molar-refractivity contribution in [2.24, 2.45) is 5.92 Å². The zero-order valence-electron chi connectivity index (χ0n) is 16.0. The lowest BCUT2D eigenvalue weighted by molar-refractivity contribution is -0.121. The minimum Gasteiger partial charge on any atom is -0.495 e. The summed E-state index contributed by atoms with van der Waals surface area (Å²) in [4.78, 5) is 15.1. The van der Waals surface area contributed by atoms with E-state index < -0.39 is 0 Å². The highest BCUT2D eigenvalue weighted by molar-refractivity contribution is 9.10. The Balaban J connectivity index is 1.57. The van der Waals surface area contributed by atoms with Gasteiger partial charge >= 0.3 is 0 Å². The number of nitrogens with zero attached hydrogens (tertiary/aromatic N) is 1. The second kappa shape index (κ2) is 9.63. The number of halogens is 2. The molecule has 0 aromatic heterocycles. The van der Waals surface area contributed by atoms with E-state index >= 15 is 0 Å². The van der Waals surface area contributed by atoms with Crippen LogP contribution in [0.15, 0.2) is 40.9 Å². The van der Waals surface area contributed by atoms with E-state index in [-0.39, 0.29) is 11.8 Å². The highest BCUT2D eigenvalue weighted by atomic mass is 79.9. The number of hydrogen-bond acceptors (Lipinski definition) is 4. The summed E-state index contributed by atoms with van der Waals surface area (Å²) in [5.74, 6) is 1.01. The molecule has 7 heteroatoms. The minimum absolute atomic E-state index is 0.00553. The van der Waals surface area contributed by atoms with Crippen LogP contribution in [0.1, 0.15) is 18.4 Å². The maximum atomic E-state index is 12.8. The van der Waals surface area contributed by atoms with Crippen LogP contribution in [0.2, 0.25) is 5.02 Å². The van der Waals surface area contributed by atoms with Gasteiger partial charge in [0.25, 0.3) is 0 Å². The van der Waals surface area contributed by atoms with Crippen molar-refractivity contribution in [3.8, 4) is 11.5 Å². The second-order valence-corrected chi connectivity index (χ2v) is 8.18. The zero-order valence-corrected chi connectivity index (χ0v) is 18.3. The summed E-state index contributed by atoms with van der Waals surface area (Å²) in [7, 11) is 3.09. The molecule has 1 amide bonds. The average Bonchev–Trinajstić information content (AvgIpc) is 2.71. The monoisotopic (exact) mass is 466 g/mol. The molecule has 0 aliphatic carbocycles. The van der Waals surface area contributed by atoms with E-state index in [1.54, 1.807) is 26.4 Å². The number of ether oxygens (including phenoxy) is 2. The van der Waals surface area contributed by atoms with E-state index in [1.165, 1.54) is 5.56 Å². The Kier molecular flexibility index (Phi) is 7.21. The maximum absolute atomic E-state index is 12.8. The number of nitrogens with one attached hydrogen (secondary N) is 1. The number of anilines is 1. The molecular formula is C21H24BrClN2O3. The number of hydrogen-bond donors (Lipinski definition) is 1. The van der Waals surface area contributed by atoms with Gasteiger partial charge in [0.1, 0.15) is 11.5 Å². The second-order valence-electron chi connectivity index (χ2n) is 6.85. The third-order valence-electron chi connectivity index (χ3n) is 5.01. The van der Waals surface area contributed by atoms with Gasteiger partial charge in [0.05, 0.1) is 24.9 Å². The lowest BCUT2D eigenvalue weighted by Gasteiger charge is -2.31. The molecule has 5 nitrogen and oxygen atoms in total. The van der Waals surface area contributed by atoms with Crippen molar-refractivity contribution in [2.45, 2.75) is 19.4 Å². The summed E-state index contributed by atoms with van der Waals surface area (Å²) < 4.78 is 11.7. The fourth-order valence-corrected chi connectivity index (χ4v) is 3.89. The Bertz CT molecular complexity index is 821. The van der Waals surface area contributed by atoms with Crippen molar-refractivity contribution in [1.82, 2.24) is 4.90 Å². The first-order valence-corrected chi connectivity index (χ1v) is 10.4. The van der Waals surface area contributed by atoms with Gasteiger partial charge in [-0.25, -0.2) is 0 Å². The summed E-state index contributed by atoms with van der Waals surface area (Å²) in [6.45, 7) is 2.70. The first-order chi connectivity index (χ1) is 13.5. The highest BCUT2D eigenvalue weighted by Gasteiger charge is 2.26. The number of rotatable bonds is 6. The van der Waals surface area contributed by atoms with E-state index in [2.05, 4.69) is 50.4 Å². The van der Waals surface area contributed by atoms with Crippen LogP contribution in [0.3, 0.4) is 0 Å². The van der Waals surface area contributed by atoms with Crippen LogP contribution < -0.4 is 14.8 Å². The fourth-order valence-electron chi connectivity index (χ4n) is 3.39. The van der Waals surface area contributed by atoms with Crippen LogP contribution in [0.4, 0.5) is 5.69 Å². The lowest BCUT2D eigenvalue weighted by Crippen LogP contribution is -2.37. The first kappa shape index (κ1) is 21.0. The molecule has 1 aliphatic rings. The van der Waals surface area contributed by atoms with Gasteiger partial charge < -0.3 is 14.8 Å². The maximum Gasteiger partial charge on any atom is 0.227 e. The van der Waals surface area contributed by atoms with Gasteiger partial charge in [-0.2, -0.15) is 0 Å². The van der Waals surface area contributed by atoms with E-state index in [0.717, 1.165) is 36.9 Å². The summed E-state index contributed by atoms with van der Waals surface area (Å²) in [5.41, 5.74) is 1.86. The fraction of sp³-hybridized carbons (Fsp3) is 0.381. The van der Waals surface area contributed by atoms with Crippen LogP contribution in [-0.2, 0) is 11.3 Å². The average molecular weight is 468 g/mol. The molecule has 0 unspecified atom stereocenters. The number of methoxy groups -OCH3 is 2. The van der Waals surface area contributed by atoms with Gasteiger partial charge in [0, 0.05) is 29.1 Å². The minimum atomic E-state index is -0.0208. The molecule has 0 atom stereocenters. The molecule has 0 radical (unpaired) electrons. The van der Waals surface area contributed by atoms with E-state index in [9.17, 15) is 4.79 Å². The van der Waals surface area contributed by atoms with Crippen LogP contribution in [0.5, 0.6) is 11.5 Å². The van der Waals surface area contributed by atoms with Crippen molar-refractivity contribution >= 4 is 39.1 Å². The molecular weight excluding hydrogens is 444 g/mol. The molecule has 28 heavy (non-hydrogen) atoms. The Morgan fingerprint density at radius 3 is 2.39 bits per heavy atom. The number of amides is 1. The van der Waals surface area contributed by atoms with Crippen LogP contribution in [0, 0.1) is 5.92 Å². The summed E-state index contributed by atoms with van der Waals surface area (Å²) >= 11 is 9.59. The van der Waals surface area contributed by atoms with Crippen LogP contribution in [0.25, 0.3) is 0 Å². The van der Waals surface area contributed by atoms with Crippen molar-refractivity contribution in [3.63, 3.8) is 0 Å². The zero-order chi connectivity index (χ0) is 20.1. The number of carbonyl (C=O) groups excluding carboxylic acids is 1.